The highest BCUT2D eigenvalue weighted by Crippen LogP contribution is 2.26. The number of aryl methyl sites for hydroxylation is 1. The number of imidazole rings is 1. The molecular weight excluding hydrogens is 192 g/mol. The van der Waals surface area contributed by atoms with E-state index >= 15 is 0 Å². The Morgan fingerprint density at radius 2 is 2.36 bits per heavy atom. The van der Waals surface area contributed by atoms with E-state index in [9.17, 15) is 0 Å². The Kier molecular flexibility index (Phi) is 1.61. The predicted molar refractivity (Wildman–Crippen MR) is 60.0 cm³/mol. The van der Waals surface area contributed by atoms with E-state index in [1.54, 1.807) is 11.3 Å². The molecule has 0 fully saturated rings. The van der Waals surface area contributed by atoms with Gasteiger partial charge >= 0.3 is 0 Å². The molecule has 2 heterocycles. The van der Waals surface area contributed by atoms with Crippen molar-refractivity contribution in [3.63, 3.8) is 0 Å². The van der Waals surface area contributed by atoms with Crippen molar-refractivity contribution in [3.8, 4) is 0 Å². The molecule has 0 saturated heterocycles. The van der Waals surface area contributed by atoms with Crippen molar-refractivity contribution in [2.75, 3.05) is 0 Å². The molecule has 0 aliphatic rings. The third-order valence-electron chi connectivity index (χ3n) is 2.50. The number of nitrogens with zero attached hydrogens (tertiary/aromatic N) is 2. The topological polar surface area (TPSA) is 17.3 Å². The highest BCUT2D eigenvalue weighted by molar-refractivity contribution is 7.23. The highest BCUT2D eigenvalue weighted by atomic mass is 32.1. The van der Waals surface area contributed by atoms with Crippen LogP contribution in [0.4, 0.5) is 0 Å². The van der Waals surface area contributed by atoms with Crippen molar-refractivity contribution in [3.05, 3.63) is 36.2 Å². The quantitative estimate of drug-likeness (QED) is 0.592. The van der Waals surface area contributed by atoms with Crippen molar-refractivity contribution in [2.45, 2.75) is 13.3 Å². The Labute approximate surface area is 85.8 Å². The van der Waals surface area contributed by atoms with Crippen LogP contribution in [-0.2, 0) is 6.42 Å². The normalized spacial score (nSPS) is 11.5. The Morgan fingerprint density at radius 1 is 1.43 bits per heavy atom. The third kappa shape index (κ3) is 0.990. The summed E-state index contributed by atoms with van der Waals surface area (Å²) in [6, 6.07) is 6.63. The molecule has 0 spiro atoms. The van der Waals surface area contributed by atoms with E-state index < -0.39 is 0 Å². The molecule has 0 bridgehead atoms. The van der Waals surface area contributed by atoms with Gasteiger partial charge in [-0.25, -0.2) is 4.98 Å². The fourth-order valence-corrected chi connectivity index (χ4v) is 2.76. The van der Waals surface area contributed by atoms with Crippen molar-refractivity contribution < 1.29 is 0 Å². The van der Waals surface area contributed by atoms with Crippen LogP contribution in [-0.4, -0.2) is 9.38 Å². The molecule has 3 heteroatoms. The van der Waals surface area contributed by atoms with Crippen LogP contribution in [0.25, 0.3) is 15.2 Å². The van der Waals surface area contributed by atoms with Gasteiger partial charge in [0.2, 0.25) is 0 Å². The molecule has 0 aliphatic carbocycles. The van der Waals surface area contributed by atoms with Gasteiger partial charge in [0.05, 0.1) is 10.2 Å². The Hall–Kier alpha value is -1.35. The summed E-state index contributed by atoms with van der Waals surface area (Å²) in [5.74, 6) is 0. The summed E-state index contributed by atoms with van der Waals surface area (Å²) in [7, 11) is 0. The summed E-state index contributed by atoms with van der Waals surface area (Å²) in [6.45, 7) is 2.18. The maximum Gasteiger partial charge on any atom is 0.194 e. The van der Waals surface area contributed by atoms with Crippen molar-refractivity contribution in [2.24, 2.45) is 0 Å². The average molecular weight is 202 g/mol. The number of benzene rings is 1. The predicted octanol–water partition coefficient (Wildman–Crippen LogP) is 3.11. The van der Waals surface area contributed by atoms with Gasteiger partial charge in [-0.3, -0.25) is 4.40 Å². The molecular formula is C11H10N2S. The van der Waals surface area contributed by atoms with E-state index in [4.69, 9.17) is 0 Å². The zero-order valence-electron chi connectivity index (χ0n) is 7.90. The second-order valence-electron chi connectivity index (χ2n) is 3.34. The van der Waals surface area contributed by atoms with E-state index in [0.717, 1.165) is 11.4 Å². The van der Waals surface area contributed by atoms with Crippen molar-refractivity contribution >= 4 is 26.5 Å². The van der Waals surface area contributed by atoms with Crippen LogP contribution in [0.15, 0.2) is 30.6 Å². The van der Waals surface area contributed by atoms with Crippen LogP contribution < -0.4 is 0 Å². The average Bonchev–Trinajstić information content (AvgIpc) is 2.75. The first kappa shape index (κ1) is 8.00. The van der Waals surface area contributed by atoms with Gasteiger partial charge in [0.25, 0.3) is 0 Å². The fourth-order valence-electron chi connectivity index (χ4n) is 1.71. The van der Waals surface area contributed by atoms with Crippen molar-refractivity contribution in [1.29, 1.82) is 0 Å². The van der Waals surface area contributed by atoms with Gasteiger partial charge < -0.3 is 0 Å². The second-order valence-corrected chi connectivity index (χ2v) is 4.35. The molecule has 3 rings (SSSR count). The SMILES string of the molecule is CCc1ccc2c(c1)sc1nccn12. The van der Waals surface area contributed by atoms with E-state index in [2.05, 4.69) is 34.5 Å². The second kappa shape index (κ2) is 2.82. The first-order valence-electron chi connectivity index (χ1n) is 4.73. The highest BCUT2D eigenvalue weighted by Gasteiger charge is 2.04. The lowest BCUT2D eigenvalue weighted by molar-refractivity contribution is 1.14. The zero-order valence-corrected chi connectivity index (χ0v) is 8.71. The third-order valence-corrected chi connectivity index (χ3v) is 3.53. The van der Waals surface area contributed by atoms with Crippen LogP contribution in [0, 0.1) is 0 Å². The van der Waals surface area contributed by atoms with E-state index in [1.165, 1.54) is 15.8 Å². The van der Waals surface area contributed by atoms with Crippen LogP contribution in [0.3, 0.4) is 0 Å². The van der Waals surface area contributed by atoms with E-state index in [-0.39, 0.29) is 0 Å². The van der Waals surface area contributed by atoms with Gasteiger partial charge in [0, 0.05) is 12.4 Å². The minimum Gasteiger partial charge on any atom is -0.290 e. The number of hydrogen-bond donors (Lipinski definition) is 0. The minimum atomic E-state index is 1.08. The molecule has 3 aromatic rings. The number of fused-ring (bicyclic) bond motifs is 3. The molecule has 1 aromatic carbocycles. The summed E-state index contributed by atoms with van der Waals surface area (Å²) < 4.78 is 3.46. The van der Waals surface area contributed by atoms with Gasteiger partial charge in [0.15, 0.2) is 4.96 Å². The maximum absolute atomic E-state index is 4.29. The largest absolute Gasteiger partial charge is 0.290 e. The Morgan fingerprint density at radius 3 is 3.21 bits per heavy atom. The number of rotatable bonds is 1. The first-order chi connectivity index (χ1) is 6.88. The lowest BCUT2D eigenvalue weighted by Crippen LogP contribution is -1.80. The molecule has 0 saturated carbocycles. The molecule has 0 aliphatic heterocycles. The Bertz CT molecular complexity index is 591. The molecule has 0 amide bonds. The summed E-state index contributed by atoms with van der Waals surface area (Å²) in [4.78, 5) is 5.37. The standard InChI is InChI=1S/C11H10N2S/c1-2-8-3-4-9-10(7-8)14-11-12-5-6-13(9)11/h3-7H,2H2,1H3. The van der Waals surface area contributed by atoms with Gasteiger partial charge in [-0.1, -0.05) is 24.3 Å². The first-order valence-corrected chi connectivity index (χ1v) is 5.54. The molecule has 14 heavy (non-hydrogen) atoms. The molecule has 0 radical (unpaired) electrons. The minimum absolute atomic E-state index is 1.08. The lowest BCUT2D eigenvalue weighted by atomic mass is 10.2. The molecule has 2 aromatic heterocycles. The number of hydrogen-bond acceptors (Lipinski definition) is 2. The monoisotopic (exact) mass is 202 g/mol. The molecule has 0 N–H and O–H groups in total. The summed E-state index contributed by atoms with van der Waals surface area (Å²) in [6.07, 6.45) is 4.95. The summed E-state index contributed by atoms with van der Waals surface area (Å²) in [5, 5.41) is 0. The van der Waals surface area contributed by atoms with E-state index in [0.29, 0.717) is 0 Å². The summed E-state index contributed by atoms with van der Waals surface area (Å²) >= 11 is 1.75. The smallest absolute Gasteiger partial charge is 0.194 e. The van der Waals surface area contributed by atoms with Crippen LogP contribution in [0.2, 0.25) is 0 Å². The van der Waals surface area contributed by atoms with Gasteiger partial charge in [0.1, 0.15) is 0 Å². The fraction of sp³-hybridized carbons (Fsp3) is 0.182. The number of thiazole rings is 1. The van der Waals surface area contributed by atoms with Gasteiger partial charge in [-0.2, -0.15) is 0 Å². The zero-order chi connectivity index (χ0) is 9.54. The van der Waals surface area contributed by atoms with Gasteiger partial charge in [-0.15, -0.1) is 0 Å². The Balaban J connectivity index is 2.43. The maximum atomic E-state index is 4.29. The molecule has 0 unspecified atom stereocenters. The van der Waals surface area contributed by atoms with Crippen molar-refractivity contribution in [1.82, 2.24) is 9.38 Å². The summed E-state index contributed by atoms with van der Waals surface area (Å²) in [5.41, 5.74) is 2.65. The van der Waals surface area contributed by atoms with Crippen LogP contribution >= 0.6 is 11.3 Å². The van der Waals surface area contributed by atoms with Crippen LogP contribution in [0.5, 0.6) is 0 Å². The molecule has 0 atom stereocenters. The molecule has 70 valence electrons. The lowest BCUT2D eigenvalue weighted by Gasteiger charge is -1.95. The van der Waals surface area contributed by atoms with Gasteiger partial charge in [-0.05, 0) is 24.1 Å². The molecule has 2 nitrogen and oxygen atoms in total. The van der Waals surface area contributed by atoms with E-state index in [1.807, 2.05) is 12.4 Å². The number of aromatic nitrogens is 2. The van der Waals surface area contributed by atoms with Crippen LogP contribution in [0.1, 0.15) is 12.5 Å².